The maximum atomic E-state index is 3.61. The first kappa shape index (κ1) is 8.98. The lowest BCUT2D eigenvalue weighted by Crippen LogP contribution is -2.84. The molecule has 1 aromatic heterocycles. The third-order valence-electron chi connectivity index (χ3n) is 3.65. The van der Waals surface area contributed by atoms with Gasteiger partial charge in [0.15, 0.2) is 0 Å². The summed E-state index contributed by atoms with van der Waals surface area (Å²) in [6.07, 6.45) is 1.18. The number of quaternary nitrogens is 1. The molecule has 0 bridgehead atoms. The zero-order chi connectivity index (χ0) is 10.4. The molecule has 0 fully saturated rings. The van der Waals surface area contributed by atoms with Crippen molar-refractivity contribution < 1.29 is 5.32 Å². The number of aromatic nitrogens is 1. The molecule has 0 saturated carbocycles. The number of fused-ring (bicyclic) bond motifs is 3. The number of nitrogens with two attached hydrogens (primary N) is 1. The Balaban J connectivity index is 2.36. The molecule has 0 atom stereocenters. The molecule has 1 aliphatic heterocycles. The highest BCUT2D eigenvalue weighted by Gasteiger charge is 2.18. The highest BCUT2D eigenvalue weighted by molar-refractivity contribution is 5.88. The molecule has 0 spiro atoms. The molecule has 0 radical (unpaired) electrons. The summed E-state index contributed by atoms with van der Waals surface area (Å²) in [5.41, 5.74) is 7.13. The fourth-order valence-electron chi connectivity index (χ4n) is 2.56. The van der Waals surface area contributed by atoms with Gasteiger partial charge in [0, 0.05) is 28.6 Å². The molecular formula is C13H17N2+. The highest BCUT2D eigenvalue weighted by atomic mass is 14.9. The van der Waals surface area contributed by atoms with Crippen molar-refractivity contribution in [2.75, 3.05) is 6.54 Å². The van der Waals surface area contributed by atoms with Gasteiger partial charge in [0.1, 0.15) is 6.54 Å². The molecule has 0 aliphatic carbocycles. The van der Waals surface area contributed by atoms with E-state index in [1.807, 2.05) is 0 Å². The number of nitrogens with one attached hydrogen (secondary N) is 1. The molecule has 2 nitrogen and oxygen atoms in total. The van der Waals surface area contributed by atoms with Crippen molar-refractivity contribution in [3.63, 3.8) is 0 Å². The Bertz CT molecular complexity index is 523. The molecule has 3 rings (SSSR count). The monoisotopic (exact) mass is 201 g/mol. The van der Waals surface area contributed by atoms with Crippen LogP contribution in [0.4, 0.5) is 0 Å². The number of aryl methyl sites for hydroxylation is 2. The number of hydrogen-bond donors (Lipinski definition) is 2. The second-order valence-electron chi connectivity index (χ2n) is 4.54. The Morgan fingerprint density at radius 1 is 1.27 bits per heavy atom. The summed E-state index contributed by atoms with van der Waals surface area (Å²) in [5.74, 6) is 0. The molecule has 2 aromatic rings. The van der Waals surface area contributed by atoms with E-state index in [1.165, 1.54) is 46.3 Å². The maximum Gasteiger partial charge on any atom is 0.104 e. The molecule has 1 aliphatic rings. The van der Waals surface area contributed by atoms with Crippen LogP contribution in [0.1, 0.15) is 22.4 Å². The molecule has 78 valence electrons. The lowest BCUT2D eigenvalue weighted by atomic mass is 10.0. The standard InChI is InChI=1S/C13H16N2/c1-8-3-4-10-11-7-14-6-5-12(11)15-13(10)9(8)2/h3-4,14-15H,5-7H2,1-2H3/p+1. The summed E-state index contributed by atoms with van der Waals surface area (Å²) in [5, 5.41) is 3.83. The first-order valence-electron chi connectivity index (χ1n) is 5.68. The predicted octanol–water partition coefficient (Wildman–Crippen LogP) is 1.40. The van der Waals surface area contributed by atoms with Gasteiger partial charge in [-0.05, 0) is 25.0 Å². The number of benzene rings is 1. The summed E-state index contributed by atoms with van der Waals surface area (Å²) < 4.78 is 0. The van der Waals surface area contributed by atoms with E-state index in [2.05, 4.69) is 36.3 Å². The number of hydrogen-bond acceptors (Lipinski definition) is 0. The molecule has 2 heteroatoms. The molecule has 2 heterocycles. The van der Waals surface area contributed by atoms with Gasteiger partial charge in [-0.25, -0.2) is 0 Å². The second-order valence-corrected chi connectivity index (χ2v) is 4.54. The minimum absolute atomic E-state index is 1.14. The van der Waals surface area contributed by atoms with Crippen molar-refractivity contribution >= 4 is 10.9 Å². The Hall–Kier alpha value is -1.28. The summed E-state index contributed by atoms with van der Waals surface area (Å²) >= 11 is 0. The second kappa shape index (κ2) is 3.11. The summed E-state index contributed by atoms with van der Waals surface area (Å²) in [6.45, 7) is 6.75. The van der Waals surface area contributed by atoms with Gasteiger partial charge in [0.25, 0.3) is 0 Å². The predicted molar refractivity (Wildman–Crippen MR) is 62.0 cm³/mol. The minimum atomic E-state index is 1.14. The van der Waals surface area contributed by atoms with Crippen LogP contribution >= 0.6 is 0 Å². The van der Waals surface area contributed by atoms with Crippen molar-refractivity contribution in [2.45, 2.75) is 26.8 Å². The fourth-order valence-corrected chi connectivity index (χ4v) is 2.56. The lowest BCUT2D eigenvalue weighted by molar-refractivity contribution is -0.673. The van der Waals surface area contributed by atoms with E-state index in [0.29, 0.717) is 0 Å². The highest BCUT2D eigenvalue weighted by Crippen LogP contribution is 2.27. The van der Waals surface area contributed by atoms with Crippen molar-refractivity contribution in [3.8, 4) is 0 Å². The summed E-state index contributed by atoms with van der Waals surface area (Å²) in [6, 6.07) is 4.51. The first-order chi connectivity index (χ1) is 7.27. The fraction of sp³-hybridized carbons (Fsp3) is 0.385. The Morgan fingerprint density at radius 3 is 3.00 bits per heavy atom. The average Bonchev–Trinajstić information content (AvgIpc) is 2.63. The van der Waals surface area contributed by atoms with Gasteiger partial charge < -0.3 is 10.3 Å². The largest absolute Gasteiger partial charge is 0.358 e. The molecule has 0 unspecified atom stereocenters. The Kier molecular flexibility index (Phi) is 1.86. The van der Waals surface area contributed by atoms with Gasteiger partial charge in [0.2, 0.25) is 0 Å². The SMILES string of the molecule is Cc1ccc2c3c([nH]c2c1C)CC[NH2+]C3. The van der Waals surface area contributed by atoms with Crippen LogP contribution < -0.4 is 5.32 Å². The van der Waals surface area contributed by atoms with Crippen LogP contribution in [0.3, 0.4) is 0 Å². The third kappa shape index (κ3) is 1.21. The summed E-state index contributed by atoms with van der Waals surface area (Å²) in [4.78, 5) is 3.61. The molecule has 15 heavy (non-hydrogen) atoms. The van der Waals surface area contributed by atoms with Crippen LogP contribution in [-0.4, -0.2) is 11.5 Å². The van der Waals surface area contributed by atoms with Crippen LogP contribution in [0.15, 0.2) is 12.1 Å². The van der Waals surface area contributed by atoms with Crippen LogP contribution in [0.2, 0.25) is 0 Å². The quantitative estimate of drug-likeness (QED) is 0.646. The van der Waals surface area contributed by atoms with Gasteiger partial charge in [-0.15, -0.1) is 0 Å². The number of rotatable bonds is 0. The van der Waals surface area contributed by atoms with Gasteiger partial charge in [-0.1, -0.05) is 12.1 Å². The third-order valence-corrected chi connectivity index (χ3v) is 3.65. The molecule has 0 amide bonds. The zero-order valence-corrected chi connectivity index (χ0v) is 9.35. The zero-order valence-electron chi connectivity index (χ0n) is 9.35. The molecule has 1 aromatic carbocycles. The average molecular weight is 201 g/mol. The van der Waals surface area contributed by atoms with Crippen LogP contribution in [0.25, 0.3) is 10.9 Å². The van der Waals surface area contributed by atoms with Gasteiger partial charge in [-0.3, -0.25) is 0 Å². The smallest absolute Gasteiger partial charge is 0.104 e. The maximum absolute atomic E-state index is 3.61. The van der Waals surface area contributed by atoms with Crippen LogP contribution in [-0.2, 0) is 13.0 Å². The van der Waals surface area contributed by atoms with Crippen LogP contribution in [0, 0.1) is 13.8 Å². The van der Waals surface area contributed by atoms with E-state index in [4.69, 9.17) is 0 Å². The van der Waals surface area contributed by atoms with Crippen molar-refractivity contribution in [1.29, 1.82) is 0 Å². The van der Waals surface area contributed by atoms with Gasteiger partial charge in [0.05, 0.1) is 6.54 Å². The number of H-pyrrole nitrogens is 1. The Morgan fingerprint density at radius 2 is 2.13 bits per heavy atom. The molecular weight excluding hydrogens is 184 g/mol. The van der Waals surface area contributed by atoms with E-state index in [1.54, 1.807) is 0 Å². The van der Waals surface area contributed by atoms with E-state index in [-0.39, 0.29) is 0 Å². The molecule has 0 saturated heterocycles. The van der Waals surface area contributed by atoms with E-state index >= 15 is 0 Å². The van der Waals surface area contributed by atoms with Crippen molar-refractivity contribution in [1.82, 2.24) is 4.98 Å². The summed E-state index contributed by atoms with van der Waals surface area (Å²) in [7, 11) is 0. The van der Waals surface area contributed by atoms with Gasteiger partial charge in [-0.2, -0.15) is 0 Å². The van der Waals surface area contributed by atoms with E-state index < -0.39 is 0 Å². The van der Waals surface area contributed by atoms with Crippen LogP contribution in [0.5, 0.6) is 0 Å². The Labute approximate surface area is 89.7 Å². The van der Waals surface area contributed by atoms with Crippen molar-refractivity contribution in [3.05, 3.63) is 34.5 Å². The normalized spacial score (nSPS) is 15.6. The first-order valence-corrected chi connectivity index (χ1v) is 5.68. The molecule has 3 N–H and O–H groups in total. The minimum Gasteiger partial charge on any atom is -0.358 e. The lowest BCUT2D eigenvalue weighted by Gasteiger charge is -2.09. The van der Waals surface area contributed by atoms with Crippen molar-refractivity contribution in [2.24, 2.45) is 0 Å². The van der Waals surface area contributed by atoms with E-state index in [9.17, 15) is 0 Å². The topological polar surface area (TPSA) is 32.4 Å². The van der Waals surface area contributed by atoms with E-state index in [0.717, 1.165) is 6.54 Å². The number of aromatic amines is 1. The van der Waals surface area contributed by atoms with Gasteiger partial charge >= 0.3 is 0 Å².